The first kappa shape index (κ1) is 18.2. The van der Waals surface area contributed by atoms with E-state index in [1.807, 2.05) is 24.3 Å². The van der Waals surface area contributed by atoms with Crippen molar-refractivity contribution in [1.82, 2.24) is 9.88 Å². The van der Waals surface area contributed by atoms with Crippen LogP contribution in [0.1, 0.15) is 38.0 Å². The lowest BCUT2D eigenvalue weighted by molar-refractivity contribution is 0.0629. The maximum Gasteiger partial charge on any atom is 0.264 e. The molecule has 7 nitrogen and oxygen atoms in total. The van der Waals surface area contributed by atoms with Crippen LogP contribution in [-0.4, -0.2) is 35.9 Å². The fourth-order valence-corrected chi connectivity index (χ4v) is 4.27. The molecule has 30 heavy (non-hydrogen) atoms. The van der Waals surface area contributed by atoms with Crippen LogP contribution in [0.3, 0.4) is 0 Å². The molecule has 3 aromatic rings. The van der Waals surface area contributed by atoms with E-state index in [0.29, 0.717) is 34.9 Å². The van der Waals surface area contributed by atoms with Gasteiger partial charge in [0, 0.05) is 24.5 Å². The molecule has 1 atom stereocenters. The zero-order valence-corrected chi connectivity index (χ0v) is 16.5. The van der Waals surface area contributed by atoms with Crippen LogP contribution in [0.4, 0.5) is 5.69 Å². The molecular weight excluding hydrogens is 382 g/mol. The topological polar surface area (TPSA) is 72.0 Å². The second-order valence-corrected chi connectivity index (χ2v) is 7.12. The van der Waals surface area contributed by atoms with Gasteiger partial charge in [0.05, 0.1) is 31.0 Å². The fourth-order valence-electron chi connectivity index (χ4n) is 4.27. The molecule has 0 aliphatic carbocycles. The Morgan fingerprint density at radius 3 is 2.43 bits per heavy atom. The van der Waals surface area contributed by atoms with Gasteiger partial charge in [-0.25, -0.2) is 0 Å². The standard InChI is InChI=1S/C23H19N3O4/c1-29-18-8-7-16-19(20(18)30-2)23(28)26-17-6-4-3-5-15(17)22(27)25(21(16)26)13-14-9-11-24-12-10-14/h3-12,21H,13H2,1-2H3. The van der Waals surface area contributed by atoms with Crippen LogP contribution in [0.2, 0.25) is 0 Å². The first-order chi connectivity index (χ1) is 14.7. The highest BCUT2D eigenvalue weighted by Gasteiger charge is 2.49. The van der Waals surface area contributed by atoms with Crippen LogP contribution in [0.5, 0.6) is 11.5 Å². The lowest BCUT2D eigenvalue weighted by atomic mass is 10.0. The SMILES string of the molecule is COc1ccc2c(c1OC)C(=O)N1c3ccccc3C(=O)N(Cc3ccncc3)C21. The summed E-state index contributed by atoms with van der Waals surface area (Å²) >= 11 is 0. The number of para-hydroxylation sites is 1. The van der Waals surface area contributed by atoms with E-state index < -0.39 is 6.17 Å². The normalized spacial score (nSPS) is 16.8. The molecule has 1 aromatic heterocycles. The number of ether oxygens (including phenoxy) is 2. The molecule has 0 N–H and O–H groups in total. The Morgan fingerprint density at radius 2 is 1.70 bits per heavy atom. The average Bonchev–Trinajstić information content (AvgIpc) is 3.09. The molecule has 0 saturated heterocycles. The second kappa shape index (κ2) is 6.88. The number of rotatable bonds is 4. The van der Waals surface area contributed by atoms with E-state index in [-0.39, 0.29) is 11.8 Å². The first-order valence-electron chi connectivity index (χ1n) is 9.53. The molecule has 0 fully saturated rings. The second-order valence-electron chi connectivity index (χ2n) is 7.12. The molecule has 2 amide bonds. The largest absolute Gasteiger partial charge is 0.493 e. The quantitative estimate of drug-likeness (QED) is 0.670. The molecule has 0 bridgehead atoms. The van der Waals surface area contributed by atoms with Gasteiger partial charge in [0.1, 0.15) is 6.17 Å². The third kappa shape index (κ3) is 2.48. The highest BCUT2D eigenvalue weighted by atomic mass is 16.5. The molecule has 7 heteroatoms. The van der Waals surface area contributed by atoms with Crippen molar-refractivity contribution in [1.29, 1.82) is 0 Å². The van der Waals surface area contributed by atoms with Crippen molar-refractivity contribution in [2.24, 2.45) is 0 Å². The van der Waals surface area contributed by atoms with E-state index in [1.165, 1.54) is 14.2 Å². The smallest absolute Gasteiger partial charge is 0.264 e. The summed E-state index contributed by atoms with van der Waals surface area (Å²) in [4.78, 5) is 34.5. The Morgan fingerprint density at radius 1 is 0.933 bits per heavy atom. The number of fused-ring (bicyclic) bond motifs is 5. The molecule has 5 rings (SSSR count). The van der Waals surface area contributed by atoms with Gasteiger partial charge in [-0.15, -0.1) is 0 Å². The number of amides is 2. The summed E-state index contributed by atoms with van der Waals surface area (Å²) < 4.78 is 10.9. The summed E-state index contributed by atoms with van der Waals surface area (Å²) in [5.41, 5.74) is 3.16. The van der Waals surface area contributed by atoms with Gasteiger partial charge in [-0.05, 0) is 35.9 Å². The van der Waals surface area contributed by atoms with Gasteiger partial charge in [-0.3, -0.25) is 19.5 Å². The van der Waals surface area contributed by atoms with Crippen LogP contribution in [0, 0.1) is 0 Å². The van der Waals surface area contributed by atoms with Gasteiger partial charge in [0.25, 0.3) is 11.8 Å². The minimum Gasteiger partial charge on any atom is -0.493 e. The maximum atomic E-state index is 13.6. The van der Waals surface area contributed by atoms with Gasteiger partial charge < -0.3 is 14.4 Å². The molecule has 0 saturated carbocycles. The Bertz CT molecular complexity index is 1160. The van der Waals surface area contributed by atoms with Gasteiger partial charge in [-0.1, -0.05) is 18.2 Å². The third-order valence-electron chi connectivity index (χ3n) is 5.59. The maximum absolute atomic E-state index is 13.6. The molecule has 3 heterocycles. The van der Waals surface area contributed by atoms with Gasteiger partial charge >= 0.3 is 0 Å². The zero-order chi connectivity index (χ0) is 20.8. The summed E-state index contributed by atoms with van der Waals surface area (Å²) in [6.45, 7) is 0.345. The summed E-state index contributed by atoms with van der Waals surface area (Å²) in [6.07, 6.45) is 2.82. The van der Waals surface area contributed by atoms with Crippen molar-refractivity contribution in [3.63, 3.8) is 0 Å². The summed E-state index contributed by atoms with van der Waals surface area (Å²) in [5.74, 6) is 0.512. The van der Waals surface area contributed by atoms with E-state index >= 15 is 0 Å². The number of benzene rings is 2. The number of anilines is 1. The third-order valence-corrected chi connectivity index (χ3v) is 5.59. The van der Waals surface area contributed by atoms with Crippen LogP contribution in [-0.2, 0) is 6.54 Å². The number of carbonyl (C=O) groups excluding carboxylic acids is 2. The Hall–Kier alpha value is -3.87. The van der Waals surface area contributed by atoms with Gasteiger partial charge in [0.2, 0.25) is 0 Å². The average molecular weight is 401 g/mol. The first-order valence-corrected chi connectivity index (χ1v) is 9.53. The highest BCUT2D eigenvalue weighted by Crippen LogP contribution is 2.50. The molecule has 2 aromatic carbocycles. The summed E-state index contributed by atoms with van der Waals surface area (Å²) in [6, 6.07) is 14.5. The van der Waals surface area contributed by atoms with Gasteiger partial charge in [0.15, 0.2) is 11.5 Å². The highest BCUT2D eigenvalue weighted by molar-refractivity contribution is 6.18. The number of hydrogen-bond acceptors (Lipinski definition) is 5. The lowest BCUT2D eigenvalue weighted by Gasteiger charge is -2.40. The van der Waals surface area contributed by atoms with E-state index in [0.717, 1.165) is 11.1 Å². The number of carbonyl (C=O) groups is 2. The van der Waals surface area contributed by atoms with E-state index in [9.17, 15) is 9.59 Å². The monoisotopic (exact) mass is 401 g/mol. The van der Waals surface area contributed by atoms with Crippen molar-refractivity contribution in [2.45, 2.75) is 12.7 Å². The van der Waals surface area contributed by atoms with E-state index in [4.69, 9.17) is 9.47 Å². The van der Waals surface area contributed by atoms with Crippen molar-refractivity contribution < 1.29 is 19.1 Å². The molecule has 1 unspecified atom stereocenters. The van der Waals surface area contributed by atoms with Crippen molar-refractivity contribution in [3.05, 3.63) is 83.2 Å². The number of methoxy groups -OCH3 is 2. The molecule has 0 spiro atoms. The minimum absolute atomic E-state index is 0.126. The van der Waals surface area contributed by atoms with Crippen molar-refractivity contribution in [3.8, 4) is 11.5 Å². The fraction of sp³-hybridized carbons (Fsp3) is 0.174. The molecule has 2 aliphatic heterocycles. The number of aromatic nitrogens is 1. The molecule has 150 valence electrons. The van der Waals surface area contributed by atoms with Crippen LogP contribution >= 0.6 is 0 Å². The van der Waals surface area contributed by atoms with E-state index in [2.05, 4.69) is 4.98 Å². The van der Waals surface area contributed by atoms with Crippen LogP contribution in [0.25, 0.3) is 0 Å². The Labute approximate surface area is 173 Å². The predicted molar refractivity (Wildman–Crippen MR) is 110 cm³/mol. The predicted octanol–water partition coefficient (Wildman–Crippen LogP) is 3.41. The lowest BCUT2D eigenvalue weighted by Crippen LogP contribution is -2.47. The number of hydrogen-bond donors (Lipinski definition) is 0. The van der Waals surface area contributed by atoms with Crippen molar-refractivity contribution >= 4 is 17.5 Å². The molecular formula is C23H19N3O4. The van der Waals surface area contributed by atoms with Crippen molar-refractivity contribution in [2.75, 3.05) is 19.1 Å². The Kier molecular flexibility index (Phi) is 4.17. The van der Waals surface area contributed by atoms with Crippen LogP contribution in [0.15, 0.2) is 60.9 Å². The van der Waals surface area contributed by atoms with Crippen LogP contribution < -0.4 is 14.4 Å². The zero-order valence-electron chi connectivity index (χ0n) is 16.5. The number of pyridine rings is 1. The minimum atomic E-state index is -0.567. The molecule has 2 aliphatic rings. The van der Waals surface area contributed by atoms with Gasteiger partial charge in [-0.2, -0.15) is 0 Å². The summed E-state index contributed by atoms with van der Waals surface area (Å²) in [5, 5.41) is 0. The van der Waals surface area contributed by atoms with E-state index in [1.54, 1.807) is 46.5 Å². The molecule has 0 radical (unpaired) electrons. The summed E-state index contributed by atoms with van der Waals surface area (Å²) in [7, 11) is 3.04. The number of nitrogens with zero attached hydrogens (tertiary/aromatic N) is 3. The Balaban J connectivity index is 1.73.